The Hall–Kier alpha value is -3.58. The first-order valence-electron chi connectivity index (χ1n) is 10.4. The Labute approximate surface area is 180 Å². The van der Waals surface area contributed by atoms with Crippen molar-refractivity contribution in [2.24, 2.45) is 0 Å². The van der Waals surface area contributed by atoms with Crippen molar-refractivity contribution >= 4 is 0 Å². The summed E-state index contributed by atoms with van der Waals surface area (Å²) in [6, 6.07) is 9.99. The molecule has 0 bridgehead atoms. The summed E-state index contributed by atoms with van der Waals surface area (Å²) in [7, 11) is 0. The molecule has 5 rings (SSSR count). The summed E-state index contributed by atoms with van der Waals surface area (Å²) in [5.41, 5.74) is 7.25. The Morgan fingerprint density at radius 3 is 2.71 bits per heavy atom. The summed E-state index contributed by atoms with van der Waals surface area (Å²) in [4.78, 5) is 31.0. The minimum atomic E-state index is -0.0359. The van der Waals surface area contributed by atoms with Gasteiger partial charge in [0.2, 0.25) is 0 Å². The number of hydrogen-bond acceptors (Lipinski definition) is 5. The Bertz CT molecular complexity index is 1280. The molecule has 0 amide bonds. The van der Waals surface area contributed by atoms with Crippen LogP contribution in [0.15, 0.2) is 59.9 Å². The molecule has 31 heavy (non-hydrogen) atoms. The van der Waals surface area contributed by atoms with Gasteiger partial charge in [0.05, 0.1) is 17.6 Å². The van der Waals surface area contributed by atoms with E-state index >= 15 is 0 Å². The monoisotopic (exact) mass is 412 g/mol. The van der Waals surface area contributed by atoms with E-state index in [1.807, 2.05) is 24.4 Å². The van der Waals surface area contributed by atoms with Crippen molar-refractivity contribution in [3.05, 3.63) is 93.7 Å². The molecule has 4 aromatic heterocycles. The Morgan fingerprint density at radius 1 is 1.10 bits per heavy atom. The van der Waals surface area contributed by atoms with Gasteiger partial charge in [0.25, 0.3) is 5.56 Å². The number of H-pyrrole nitrogens is 1. The zero-order chi connectivity index (χ0) is 21.4. The van der Waals surface area contributed by atoms with Gasteiger partial charge in [0.1, 0.15) is 5.82 Å². The summed E-state index contributed by atoms with van der Waals surface area (Å²) in [6.45, 7) is 6.59. The third-order valence-electron chi connectivity index (χ3n) is 5.94. The lowest BCUT2D eigenvalue weighted by Crippen LogP contribution is -2.35. The molecule has 7 nitrogen and oxygen atoms in total. The van der Waals surface area contributed by atoms with E-state index in [4.69, 9.17) is 4.98 Å². The van der Waals surface area contributed by atoms with Crippen LogP contribution in [0.4, 0.5) is 0 Å². The second-order valence-electron chi connectivity index (χ2n) is 7.98. The maximum absolute atomic E-state index is 12.6. The van der Waals surface area contributed by atoms with E-state index in [1.165, 1.54) is 17.0 Å². The Kier molecular flexibility index (Phi) is 4.95. The van der Waals surface area contributed by atoms with Crippen LogP contribution in [0, 0.1) is 13.8 Å². The summed E-state index contributed by atoms with van der Waals surface area (Å²) < 4.78 is 2.24. The number of pyridine rings is 2. The van der Waals surface area contributed by atoms with Crippen LogP contribution >= 0.6 is 0 Å². The van der Waals surface area contributed by atoms with Gasteiger partial charge in [-0.15, -0.1) is 0 Å². The van der Waals surface area contributed by atoms with Gasteiger partial charge in [-0.3, -0.25) is 19.7 Å². The van der Waals surface area contributed by atoms with Gasteiger partial charge in [-0.25, -0.2) is 4.98 Å². The maximum atomic E-state index is 12.6. The molecule has 0 unspecified atom stereocenters. The van der Waals surface area contributed by atoms with E-state index in [9.17, 15) is 4.79 Å². The molecule has 0 fully saturated rings. The van der Waals surface area contributed by atoms with Crippen molar-refractivity contribution in [2.45, 2.75) is 33.4 Å². The van der Waals surface area contributed by atoms with Crippen LogP contribution in [0.2, 0.25) is 0 Å². The molecular weight excluding hydrogens is 388 g/mol. The highest BCUT2D eigenvalue weighted by Gasteiger charge is 2.23. The quantitative estimate of drug-likeness (QED) is 0.557. The SMILES string of the molecule is Cc1cc(CN2CCc3c(nc(-c4ccncc4)[nH]c3=O)C2)c(C)n1-c1cccnc1. The van der Waals surface area contributed by atoms with Crippen molar-refractivity contribution < 1.29 is 0 Å². The molecule has 5 heterocycles. The first-order chi connectivity index (χ1) is 15.1. The molecule has 1 aliphatic heterocycles. The Morgan fingerprint density at radius 2 is 1.94 bits per heavy atom. The van der Waals surface area contributed by atoms with E-state index in [2.05, 4.69) is 50.4 Å². The highest BCUT2D eigenvalue weighted by molar-refractivity contribution is 5.54. The zero-order valence-corrected chi connectivity index (χ0v) is 17.7. The second-order valence-corrected chi connectivity index (χ2v) is 7.98. The number of rotatable bonds is 4. The second kappa shape index (κ2) is 7.92. The minimum Gasteiger partial charge on any atom is -0.317 e. The third kappa shape index (κ3) is 3.68. The molecule has 1 N–H and O–H groups in total. The van der Waals surface area contributed by atoms with Gasteiger partial charge in [-0.1, -0.05) is 0 Å². The van der Waals surface area contributed by atoms with Gasteiger partial charge in [-0.05, 0) is 56.2 Å². The van der Waals surface area contributed by atoms with Gasteiger partial charge in [0, 0.05) is 60.7 Å². The zero-order valence-electron chi connectivity index (χ0n) is 17.7. The molecule has 1 aliphatic rings. The summed E-state index contributed by atoms with van der Waals surface area (Å²) in [5, 5.41) is 0. The Balaban J connectivity index is 1.42. The van der Waals surface area contributed by atoms with Crippen LogP contribution in [-0.4, -0.2) is 35.9 Å². The predicted molar refractivity (Wildman–Crippen MR) is 119 cm³/mol. The van der Waals surface area contributed by atoms with Crippen molar-refractivity contribution in [1.82, 2.24) is 29.4 Å². The molecule has 0 saturated heterocycles. The van der Waals surface area contributed by atoms with Crippen LogP contribution in [-0.2, 0) is 19.5 Å². The largest absolute Gasteiger partial charge is 0.317 e. The molecule has 0 aromatic carbocycles. The molecule has 7 heteroatoms. The van der Waals surface area contributed by atoms with Crippen LogP contribution in [0.3, 0.4) is 0 Å². The third-order valence-corrected chi connectivity index (χ3v) is 5.94. The van der Waals surface area contributed by atoms with Crippen LogP contribution in [0.5, 0.6) is 0 Å². The average Bonchev–Trinajstić information content (AvgIpc) is 3.07. The topological polar surface area (TPSA) is 79.7 Å². The lowest BCUT2D eigenvalue weighted by molar-refractivity contribution is 0.240. The smallest absolute Gasteiger partial charge is 0.254 e. The van der Waals surface area contributed by atoms with Crippen molar-refractivity contribution in [2.75, 3.05) is 6.54 Å². The fraction of sp³-hybridized carbons (Fsp3) is 0.250. The van der Waals surface area contributed by atoms with E-state index in [-0.39, 0.29) is 5.56 Å². The molecule has 0 saturated carbocycles. The number of aromatic amines is 1. The van der Waals surface area contributed by atoms with Gasteiger partial charge < -0.3 is 9.55 Å². The van der Waals surface area contributed by atoms with Gasteiger partial charge in [-0.2, -0.15) is 0 Å². The highest BCUT2D eigenvalue weighted by atomic mass is 16.1. The van der Waals surface area contributed by atoms with Crippen LogP contribution in [0.25, 0.3) is 17.1 Å². The summed E-state index contributed by atoms with van der Waals surface area (Å²) in [5.74, 6) is 0.600. The van der Waals surface area contributed by atoms with E-state index in [1.54, 1.807) is 18.6 Å². The predicted octanol–water partition coefficient (Wildman–Crippen LogP) is 3.19. The van der Waals surface area contributed by atoms with Crippen LogP contribution < -0.4 is 5.56 Å². The molecule has 0 aliphatic carbocycles. The van der Waals surface area contributed by atoms with Crippen molar-refractivity contribution in [3.8, 4) is 17.1 Å². The van der Waals surface area contributed by atoms with Crippen LogP contribution in [0.1, 0.15) is 28.2 Å². The first kappa shape index (κ1) is 19.4. The average molecular weight is 412 g/mol. The lowest BCUT2D eigenvalue weighted by Gasteiger charge is -2.27. The van der Waals surface area contributed by atoms with E-state index in [0.717, 1.165) is 35.6 Å². The van der Waals surface area contributed by atoms with Gasteiger partial charge >= 0.3 is 0 Å². The molecular formula is C24H24N6O. The number of hydrogen-bond donors (Lipinski definition) is 1. The van der Waals surface area contributed by atoms with Crippen molar-refractivity contribution in [1.29, 1.82) is 0 Å². The standard InChI is InChI=1S/C24H24N6O/c1-16-12-19(17(2)30(16)20-4-3-8-26-13-20)14-29-11-7-21-22(15-29)27-23(28-24(21)31)18-5-9-25-10-6-18/h3-6,8-10,12-13H,7,11,14-15H2,1-2H3,(H,27,28,31). The van der Waals surface area contributed by atoms with Crippen molar-refractivity contribution in [3.63, 3.8) is 0 Å². The number of fused-ring (bicyclic) bond motifs is 1. The lowest BCUT2D eigenvalue weighted by atomic mass is 10.1. The summed E-state index contributed by atoms with van der Waals surface area (Å²) >= 11 is 0. The molecule has 156 valence electrons. The first-order valence-corrected chi connectivity index (χ1v) is 10.4. The number of nitrogens with one attached hydrogen (secondary N) is 1. The number of aromatic nitrogens is 5. The highest BCUT2D eigenvalue weighted by Crippen LogP contribution is 2.24. The van der Waals surface area contributed by atoms with Gasteiger partial charge in [0.15, 0.2) is 0 Å². The fourth-order valence-electron chi connectivity index (χ4n) is 4.39. The van der Waals surface area contributed by atoms with E-state index < -0.39 is 0 Å². The minimum absolute atomic E-state index is 0.0359. The maximum Gasteiger partial charge on any atom is 0.254 e. The van der Waals surface area contributed by atoms with E-state index in [0.29, 0.717) is 18.8 Å². The number of nitrogens with zero attached hydrogens (tertiary/aromatic N) is 5. The number of aryl methyl sites for hydroxylation is 1. The normalized spacial score (nSPS) is 13.9. The fourth-order valence-corrected chi connectivity index (χ4v) is 4.39. The molecule has 0 spiro atoms. The molecule has 0 atom stereocenters. The molecule has 0 radical (unpaired) electrons. The molecule has 4 aromatic rings. The summed E-state index contributed by atoms with van der Waals surface area (Å²) in [6.07, 6.45) is 7.80.